The van der Waals surface area contributed by atoms with Crippen molar-refractivity contribution < 1.29 is 9.47 Å². The van der Waals surface area contributed by atoms with Gasteiger partial charge in [-0.3, -0.25) is 0 Å². The summed E-state index contributed by atoms with van der Waals surface area (Å²) in [5.74, 6) is 1.38. The molecule has 0 spiro atoms. The van der Waals surface area contributed by atoms with E-state index in [0.717, 1.165) is 5.76 Å². The van der Waals surface area contributed by atoms with Crippen LogP contribution in [0.25, 0.3) is 0 Å². The summed E-state index contributed by atoms with van der Waals surface area (Å²) in [5.41, 5.74) is -0.240. The minimum atomic E-state index is -0.240. The maximum Gasteiger partial charge on any atom is 0.0969 e. The minimum absolute atomic E-state index is 0.240. The van der Waals surface area contributed by atoms with Crippen molar-refractivity contribution in [2.45, 2.75) is 33.3 Å². The summed E-state index contributed by atoms with van der Waals surface area (Å²) in [6, 6.07) is 0. The van der Waals surface area contributed by atoms with Crippen molar-refractivity contribution in [1.29, 1.82) is 0 Å². The number of hydrogen-bond donors (Lipinski definition) is 0. The summed E-state index contributed by atoms with van der Waals surface area (Å²) in [4.78, 5) is 0. The van der Waals surface area contributed by atoms with E-state index in [0.29, 0.717) is 5.92 Å². The maximum atomic E-state index is 5.26. The molecule has 0 saturated carbocycles. The Hall–Kier alpha value is -0.500. The number of ether oxygens (including phenoxy) is 2. The van der Waals surface area contributed by atoms with Gasteiger partial charge < -0.3 is 9.47 Å². The molecule has 0 saturated heterocycles. The van der Waals surface area contributed by atoms with Gasteiger partial charge in [0, 0.05) is 13.0 Å². The molecular formula is C10H20O2. The van der Waals surface area contributed by atoms with Crippen molar-refractivity contribution >= 4 is 0 Å². The monoisotopic (exact) mass is 172 g/mol. The van der Waals surface area contributed by atoms with Crippen LogP contribution in [0, 0.1) is 5.92 Å². The first-order valence-corrected chi connectivity index (χ1v) is 4.25. The number of allylic oxidation sites excluding steroid dienone is 1. The van der Waals surface area contributed by atoms with E-state index in [-0.39, 0.29) is 5.60 Å². The molecular weight excluding hydrogens is 152 g/mol. The zero-order chi connectivity index (χ0) is 9.78. The second-order valence-electron chi connectivity index (χ2n) is 3.71. The van der Waals surface area contributed by atoms with E-state index in [4.69, 9.17) is 9.47 Å². The van der Waals surface area contributed by atoms with E-state index in [2.05, 4.69) is 13.8 Å². The van der Waals surface area contributed by atoms with Gasteiger partial charge in [0.05, 0.1) is 18.5 Å². The van der Waals surface area contributed by atoms with Crippen LogP contribution in [0.4, 0.5) is 0 Å². The summed E-state index contributed by atoms with van der Waals surface area (Å²) in [5, 5.41) is 0. The number of rotatable bonds is 4. The Balaban J connectivity index is 4.47. The molecule has 0 amide bonds. The molecule has 72 valence electrons. The second-order valence-corrected chi connectivity index (χ2v) is 3.71. The first-order valence-electron chi connectivity index (χ1n) is 4.25. The Bertz CT molecular complexity index is 157. The van der Waals surface area contributed by atoms with Crippen LogP contribution in [-0.4, -0.2) is 19.8 Å². The highest BCUT2D eigenvalue weighted by Gasteiger charge is 2.15. The summed E-state index contributed by atoms with van der Waals surface area (Å²) in [6.07, 6.45) is 2.01. The molecule has 0 rings (SSSR count). The van der Waals surface area contributed by atoms with Gasteiger partial charge in [-0.1, -0.05) is 13.8 Å². The highest BCUT2D eigenvalue weighted by molar-refractivity contribution is 5.05. The molecule has 0 aromatic heterocycles. The molecule has 0 N–H and O–H groups in total. The molecule has 0 aromatic carbocycles. The molecule has 0 atom stereocenters. The van der Waals surface area contributed by atoms with Crippen LogP contribution >= 0.6 is 0 Å². The van der Waals surface area contributed by atoms with Gasteiger partial charge in [0.25, 0.3) is 0 Å². The van der Waals surface area contributed by atoms with Crippen LogP contribution in [0.5, 0.6) is 0 Å². The number of hydrogen-bond acceptors (Lipinski definition) is 2. The topological polar surface area (TPSA) is 18.5 Å². The first-order chi connectivity index (χ1) is 5.43. The van der Waals surface area contributed by atoms with Crippen molar-refractivity contribution in [2.24, 2.45) is 5.92 Å². The van der Waals surface area contributed by atoms with E-state index in [1.807, 2.05) is 19.9 Å². The van der Waals surface area contributed by atoms with Gasteiger partial charge in [0.2, 0.25) is 0 Å². The van der Waals surface area contributed by atoms with Gasteiger partial charge in [-0.25, -0.2) is 0 Å². The third-order valence-corrected chi connectivity index (χ3v) is 1.82. The van der Waals surface area contributed by atoms with Gasteiger partial charge in [0.1, 0.15) is 0 Å². The van der Waals surface area contributed by atoms with Gasteiger partial charge in [-0.2, -0.15) is 0 Å². The van der Waals surface area contributed by atoms with Gasteiger partial charge in [-0.15, -0.1) is 0 Å². The van der Waals surface area contributed by atoms with Gasteiger partial charge in [-0.05, 0) is 19.9 Å². The molecule has 0 bridgehead atoms. The molecule has 2 nitrogen and oxygen atoms in total. The molecule has 0 fully saturated rings. The highest BCUT2D eigenvalue weighted by atomic mass is 16.5. The van der Waals surface area contributed by atoms with Gasteiger partial charge >= 0.3 is 0 Å². The Labute approximate surface area is 75.6 Å². The summed E-state index contributed by atoms with van der Waals surface area (Å²) in [7, 11) is 3.39. The van der Waals surface area contributed by atoms with Crippen LogP contribution in [0.2, 0.25) is 0 Å². The SMILES string of the molecule is CO/C(=C\C(C)(C)OC)C(C)C. The fourth-order valence-corrected chi connectivity index (χ4v) is 0.863. The third-order valence-electron chi connectivity index (χ3n) is 1.82. The first kappa shape index (κ1) is 11.5. The normalized spacial score (nSPS) is 13.8. The Kier molecular flexibility index (Phi) is 4.32. The summed E-state index contributed by atoms with van der Waals surface area (Å²) >= 11 is 0. The molecule has 2 heteroatoms. The van der Waals surface area contributed by atoms with Crippen LogP contribution < -0.4 is 0 Å². The molecule has 0 unspecified atom stereocenters. The lowest BCUT2D eigenvalue weighted by Gasteiger charge is -2.21. The molecule has 0 aliphatic rings. The van der Waals surface area contributed by atoms with Crippen LogP contribution in [0.1, 0.15) is 27.7 Å². The van der Waals surface area contributed by atoms with Crippen molar-refractivity contribution in [2.75, 3.05) is 14.2 Å². The molecule has 0 radical (unpaired) electrons. The van der Waals surface area contributed by atoms with E-state index in [1.54, 1.807) is 14.2 Å². The Morgan fingerprint density at radius 2 is 1.75 bits per heavy atom. The lowest BCUT2D eigenvalue weighted by atomic mass is 10.0. The minimum Gasteiger partial charge on any atom is -0.501 e. The standard InChI is InChI=1S/C10H20O2/c1-8(2)9(11-5)7-10(3,4)12-6/h7-8H,1-6H3/b9-7-. The lowest BCUT2D eigenvalue weighted by molar-refractivity contribution is 0.0601. The van der Waals surface area contributed by atoms with Crippen molar-refractivity contribution in [3.05, 3.63) is 11.8 Å². The highest BCUT2D eigenvalue weighted by Crippen LogP contribution is 2.17. The summed E-state index contributed by atoms with van der Waals surface area (Å²) < 4.78 is 10.5. The zero-order valence-corrected chi connectivity index (χ0v) is 8.97. The predicted molar refractivity (Wildman–Crippen MR) is 51.0 cm³/mol. The Morgan fingerprint density at radius 3 is 2.00 bits per heavy atom. The largest absolute Gasteiger partial charge is 0.501 e. The maximum absolute atomic E-state index is 5.26. The predicted octanol–water partition coefficient (Wildman–Crippen LogP) is 2.60. The lowest BCUT2D eigenvalue weighted by Crippen LogP contribution is -2.20. The smallest absolute Gasteiger partial charge is 0.0969 e. The Morgan fingerprint density at radius 1 is 1.25 bits per heavy atom. The molecule has 0 heterocycles. The molecule has 0 aliphatic heterocycles. The number of methoxy groups -OCH3 is 2. The van der Waals surface area contributed by atoms with Gasteiger partial charge in [0.15, 0.2) is 0 Å². The zero-order valence-electron chi connectivity index (χ0n) is 8.97. The van der Waals surface area contributed by atoms with Crippen molar-refractivity contribution in [3.8, 4) is 0 Å². The quantitative estimate of drug-likeness (QED) is 0.607. The molecule has 12 heavy (non-hydrogen) atoms. The van der Waals surface area contributed by atoms with Crippen LogP contribution in [0.15, 0.2) is 11.8 Å². The summed E-state index contributed by atoms with van der Waals surface area (Å²) in [6.45, 7) is 8.21. The third kappa shape index (κ3) is 3.77. The average molecular weight is 172 g/mol. The van der Waals surface area contributed by atoms with E-state index >= 15 is 0 Å². The second kappa shape index (κ2) is 4.51. The van der Waals surface area contributed by atoms with E-state index < -0.39 is 0 Å². The molecule has 0 aromatic rings. The van der Waals surface area contributed by atoms with Crippen LogP contribution in [-0.2, 0) is 9.47 Å². The van der Waals surface area contributed by atoms with Crippen molar-refractivity contribution in [1.82, 2.24) is 0 Å². The average Bonchev–Trinajstić information content (AvgIpc) is 2.00. The van der Waals surface area contributed by atoms with E-state index in [1.165, 1.54) is 0 Å². The fraction of sp³-hybridized carbons (Fsp3) is 0.800. The fourth-order valence-electron chi connectivity index (χ4n) is 0.863. The van der Waals surface area contributed by atoms with Crippen molar-refractivity contribution in [3.63, 3.8) is 0 Å². The van der Waals surface area contributed by atoms with E-state index in [9.17, 15) is 0 Å². The van der Waals surface area contributed by atoms with Crippen LogP contribution in [0.3, 0.4) is 0 Å². The molecule has 0 aliphatic carbocycles.